The minimum atomic E-state index is 0.527. The van der Waals surface area contributed by atoms with Crippen LogP contribution in [0.3, 0.4) is 0 Å². The van der Waals surface area contributed by atoms with E-state index in [1.54, 1.807) is 0 Å². The largest absolute Gasteiger partial charge is 0.176 e. The van der Waals surface area contributed by atoms with E-state index in [4.69, 9.17) is 0 Å². The van der Waals surface area contributed by atoms with Crippen LogP contribution in [0.4, 0.5) is 0 Å². The van der Waals surface area contributed by atoms with E-state index in [1.807, 2.05) is 23.5 Å². The summed E-state index contributed by atoms with van der Waals surface area (Å²) < 4.78 is 0.725. The molecule has 0 N–H and O–H groups in total. The number of thioether (sulfide) groups is 2. The van der Waals surface area contributed by atoms with Crippen LogP contribution in [-0.2, 0) is 0 Å². The lowest BCUT2D eigenvalue weighted by Crippen LogP contribution is -2.10. The zero-order chi connectivity index (χ0) is 8.27. The standard InChI is InChI=1S/C8H14S3/c1-6(9)5-8-10-4-3-7(2)11-8/h3-4,6-9H,5H2,1-2H3. The van der Waals surface area contributed by atoms with Crippen molar-refractivity contribution in [2.24, 2.45) is 0 Å². The van der Waals surface area contributed by atoms with Crippen molar-refractivity contribution in [2.75, 3.05) is 0 Å². The second-order valence-electron chi connectivity index (χ2n) is 2.82. The average molecular weight is 206 g/mol. The second-order valence-corrected chi connectivity index (χ2v) is 6.70. The lowest BCUT2D eigenvalue weighted by Gasteiger charge is -2.22. The Morgan fingerprint density at radius 2 is 2.36 bits per heavy atom. The van der Waals surface area contributed by atoms with Crippen LogP contribution in [0.15, 0.2) is 11.5 Å². The van der Waals surface area contributed by atoms with Crippen LogP contribution >= 0.6 is 36.2 Å². The van der Waals surface area contributed by atoms with Crippen molar-refractivity contribution in [3.05, 3.63) is 11.5 Å². The van der Waals surface area contributed by atoms with E-state index in [-0.39, 0.29) is 0 Å². The van der Waals surface area contributed by atoms with Gasteiger partial charge in [0.25, 0.3) is 0 Å². The SMILES string of the molecule is CC(S)CC1SC=CC(C)S1. The molecule has 1 aliphatic heterocycles. The Labute approximate surface area is 83.0 Å². The first-order chi connectivity index (χ1) is 5.18. The second kappa shape index (κ2) is 4.73. The van der Waals surface area contributed by atoms with E-state index in [0.717, 1.165) is 4.58 Å². The highest BCUT2D eigenvalue weighted by molar-refractivity contribution is 8.19. The maximum atomic E-state index is 4.39. The normalized spacial score (nSPS) is 33.7. The molecule has 0 saturated carbocycles. The number of thiol groups is 1. The highest BCUT2D eigenvalue weighted by Crippen LogP contribution is 2.37. The van der Waals surface area contributed by atoms with Gasteiger partial charge in [-0.25, -0.2) is 0 Å². The molecule has 1 heterocycles. The minimum absolute atomic E-state index is 0.527. The van der Waals surface area contributed by atoms with Gasteiger partial charge >= 0.3 is 0 Å². The predicted molar refractivity (Wildman–Crippen MR) is 60.6 cm³/mol. The van der Waals surface area contributed by atoms with Crippen LogP contribution in [-0.4, -0.2) is 15.1 Å². The first-order valence-corrected chi connectivity index (χ1v) is 6.24. The van der Waals surface area contributed by atoms with Gasteiger partial charge in [-0.3, -0.25) is 0 Å². The fourth-order valence-electron chi connectivity index (χ4n) is 0.950. The fraction of sp³-hybridized carbons (Fsp3) is 0.750. The summed E-state index contributed by atoms with van der Waals surface area (Å²) in [6, 6.07) is 0. The quantitative estimate of drug-likeness (QED) is 0.688. The summed E-state index contributed by atoms with van der Waals surface area (Å²) in [5.41, 5.74) is 0. The van der Waals surface area contributed by atoms with Crippen molar-refractivity contribution in [3.8, 4) is 0 Å². The molecule has 0 bridgehead atoms. The zero-order valence-electron chi connectivity index (χ0n) is 6.86. The Morgan fingerprint density at radius 1 is 1.64 bits per heavy atom. The molecule has 3 heteroatoms. The van der Waals surface area contributed by atoms with Crippen molar-refractivity contribution < 1.29 is 0 Å². The van der Waals surface area contributed by atoms with Crippen LogP contribution in [0.25, 0.3) is 0 Å². The van der Waals surface area contributed by atoms with E-state index in [2.05, 4.69) is 38.0 Å². The van der Waals surface area contributed by atoms with Crippen LogP contribution in [0, 0.1) is 0 Å². The molecule has 0 amide bonds. The van der Waals surface area contributed by atoms with Gasteiger partial charge in [0.1, 0.15) is 0 Å². The van der Waals surface area contributed by atoms with Gasteiger partial charge in [-0.1, -0.05) is 13.0 Å². The van der Waals surface area contributed by atoms with Crippen molar-refractivity contribution in [2.45, 2.75) is 35.4 Å². The van der Waals surface area contributed by atoms with E-state index >= 15 is 0 Å². The summed E-state index contributed by atoms with van der Waals surface area (Å²) in [5, 5.41) is 3.44. The zero-order valence-corrected chi connectivity index (χ0v) is 9.38. The molecule has 0 nitrogen and oxygen atoms in total. The topological polar surface area (TPSA) is 0 Å². The van der Waals surface area contributed by atoms with Crippen LogP contribution < -0.4 is 0 Å². The molecule has 0 aromatic rings. The van der Waals surface area contributed by atoms with Gasteiger partial charge in [-0.15, -0.1) is 23.5 Å². The van der Waals surface area contributed by atoms with Crippen LogP contribution in [0.5, 0.6) is 0 Å². The molecule has 0 spiro atoms. The monoisotopic (exact) mass is 206 g/mol. The summed E-state index contributed by atoms with van der Waals surface area (Å²) >= 11 is 8.36. The Bertz CT molecular complexity index is 142. The van der Waals surface area contributed by atoms with Gasteiger partial charge in [0.2, 0.25) is 0 Å². The van der Waals surface area contributed by atoms with Crippen LogP contribution in [0.1, 0.15) is 20.3 Å². The Balaban J connectivity index is 2.31. The molecular weight excluding hydrogens is 192 g/mol. The fourth-order valence-corrected chi connectivity index (χ4v) is 4.47. The molecule has 0 fully saturated rings. The van der Waals surface area contributed by atoms with Crippen molar-refractivity contribution in [1.29, 1.82) is 0 Å². The third kappa shape index (κ3) is 3.81. The molecule has 0 radical (unpaired) electrons. The predicted octanol–water partition coefficient (Wildman–Crippen LogP) is 3.40. The molecule has 1 rings (SSSR count). The lowest BCUT2D eigenvalue weighted by atomic mass is 10.4. The Kier molecular flexibility index (Phi) is 4.24. The summed E-state index contributed by atoms with van der Waals surface area (Å²) in [5.74, 6) is 0. The lowest BCUT2D eigenvalue weighted by molar-refractivity contribution is 0.894. The van der Waals surface area contributed by atoms with Gasteiger partial charge in [-0.2, -0.15) is 12.6 Å². The highest BCUT2D eigenvalue weighted by Gasteiger charge is 2.16. The Hall–Kier alpha value is 0.790. The van der Waals surface area contributed by atoms with Crippen molar-refractivity contribution >= 4 is 36.2 Å². The molecule has 0 aromatic heterocycles. The summed E-state index contributed by atoms with van der Waals surface area (Å²) in [6.07, 6.45) is 3.46. The molecule has 64 valence electrons. The maximum Gasteiger partial charge on any atom is 0.0559 e. The Morgan fingerprint density at radius 3 is 2.91 bits per heavy atom. The van der Waals surface area contributed by atoms with Gasteiger partial charge in [0.05, 0.1) is 4.58 Å². The highest BCUT2D eigenvalue weighted by atomic mass is 32.2. The van der Waals surface area contributed by atoms with E-state index < -0.39 is 0 Å². The molecule has 0 aliphatic carbocycles. The molecule has 0 saturated heterocycles. The summed E-state index contributed by atoms with van der Waals surface area (Å²) in [6.45, 7) is 4.41. The smallest absolute Gasteiger partial charge is 0.0559 e. The summed E-state index contributed by atoms with van der Waals surface area (Å²) in [7, 11) is 0. The third-order valence-corrected chi connectivity index (χ3v) is 4.25. The van der Waals surface area contributed by atoms with E-state index in [9.17, 15) is 0 Å². The van der Waals surface area contributed by atoms with Gasteiger partial charge in [0.15, 0.2) is 0 Å². The van der Waals surface area contributed by atoms with Crippen molar-refractivity contribution in [3.63, 3.8) is 0 Å². The van der Waals surface area contributed by atoms with E-state index in [0.29, 0.717) is 10.5 Å². The first kappa shape index (κ1) is 9.87. The third-order valence-electron chi connectivity index (χ3n) is 1.48. The van der Waals surface area contributed by atoms with Gasteiger partial charge < -0.3 is 0 Å². The van der Waals surface area contributed by atoms with Gasteiger partial charge in [-0.05, 0) is 18.8 Å². The minimum Gasteiger partial charge on any atom is -0.176 e. The van der Waals surface area contributed by atoms with Crippen LogP contribution in [0.2, 0.25) is 0 Å². The molecule has 3 atom stereocenters. The van der Waals surface area contributed by atoms with Gasteiger partial charge in [0, 0.05) is 10.5 Å². The maximum absolute atomic E-state index is 4.39. The molecule has 1 aliphatic rings. The average Bonchev–Trinajstić information content (AvgIpc) is 1.85. The first-order valence-electron chi connectivity index (χ1n) is 3.84. The van der Waals surface area contributed by atoms with E-state index in [1.165, 1.54) is 6.42 Å². The number of rotatable bonds is 2. The number of hydrogen-bond acceptors (Lipinski definition) is 3. The molecule has 3 unspecified atom stereocenters. The molecule has 11 heavy (non-hydrogen) atoms. The number of hydrogen-bond donors (Lipinski definition) is 1. The van der Waals surface area contributed by atoms with Crippen molar-refractivity contribution in [1.82, 2.24) is 0 Å². The molecule has 0 aromatic carbocycles. The molecular formula is C8H14S3. The summed E-state index contributed by atoms with van der Waals surface area (Å²) in [4.78, 5) is 0.